The van der Waals surface area contributed by atoms with Gasteiger partial charge in [0.2, 0.25) is 0 Å². The predicted octanol–water partition coefficient (Wildman–Crippen LogP) is 4.01. The van der Waals surface area contributed by atoms with Crippen LogP contribution in [0.15, 0.2) is 36.7 Å². The third-order valence-electron chi connectivity index (χ3n) is 2.90. The Labute approximate surface area is 93.2 Å². The van der Waals surface area contributed by atoms with Gasteiger partial charge < -0.3 is 0 Å². The van der Waals surface area contributed by atoms with E-state index in [0.29, 0.717) is 5.92 Å². The molecule has 82 valence electrons. The Morgan fingerprint density at radius 1 is 1.33 bits per heavy atom. The molecule has 0 fully saturated rings. The second-order valence-corrected chi connectivity index (χ2v) is 4.06. The number of hydrogen-bond acceptors (Lipinski definition) is 1. The summed E-state index contributed by atoms with van der Waals surface area (Å²) in [5.74, 6) is 0.641. The molecule has 0 aliphatic carbocycles. The number of hydrogen-bond donors (Lipinski definition) is 0. The molecule has 1 rings (SSSR count). The fourth-order valence-electron chi connectivity index (χ4n) is 1.89. The topological polar surface area (TPSA) is 12.9 Å². The largest absolute Gasteiger partial charge is 0.265 e. The molecule has 1 atom stereocenters. The lowest BCUT2D eigenvalue weighted by Gasteiger charge is -2.17. The fraction of sp³-hybridized carbons (Fsp3) is 0.500. The third kappa shape index (κ3) is 3.86. The van der Waals surface area contributed by atoms with Crippen LogP contribution in [0.3, 0.4) is 0 Å². The summed E-state index contributed by atoms with van der Waals surface area (Å²) in [6, 6.07) is 4.21. The highest BCUT2D eigenvalue weighted by Crippen LogP contribution is 2.22. The molecule has 0 aliphatic rings. The van der Waals surface area contributed by atoms with Gasteiger partial charge in [-0.05, 0) is 42.9 Å². The van der Waals surface area contributed by atoms with E-state index in [-0.39, 0.29) is 0 Å². The van der Waals surface area contributed by atoms with E-state index in [1.165, 1.54) is 24.0 Å². The van der Waals surface area contributed by atoms with Crippen LogP contribution in [0.5, 0.6) is 0 Å². The maximum atomic E-state index is 4.17. The Balaban J connectivity index is 2.62. The van der Waals surface area contributed by atoms with E-state index in [2.05, 4.69) is 37.5 Å². The number of allylic oxidation sites excluding steroid dienone is 1. The number of nitrogens with zero attached hydrogens (tertiary/aromatic N) is 1. The van der Waals surface area contributed by atoms with Gasteiger partial charge in [-0.1, -0.05) is 32.4 Å². The lowest BCUT2D eigenvalue weighted by atomic mass is 9.88. The third-order valence-corrected chi connectivity index (χ3v) is 2.90. The van der Waals surface area contributed by atoms with Gasteiger partial charge in [0.05, 0.1) is 0 Å². The highest BCUT2D eigenvalue weighted by molar-refractivity contribution is 5.14. The van der Waals surface area contributed by atoms with E-state index < -0.39 is 0 Å². The Morgan fingerprint density at radius 2 is 2.00 bits per heavy atom. The van der Waals surface area contributed by atoms with Crippen LogP contribution in [-0.2, 0) is 6.42 Å². The van der Waals surface area contributed by atoms with Crippen molar-refractivity contribution in [1.29, 1.82) is 0 Å². The lowest BCUT2D eigenvalue weighted by molar-refractivity contribution is 0.536. The van der Waals surface area contributed by atoms with Crippen molar-refractivity contribution >= 4 is 0 Å². The van der Waals surface area contributed by atoms with Crippen molar-refractivity contribution in [3.05, 3.63) is 42.2 Å². The molecule has 0 amide bonds. The van der Waals surface area contributed by atoms with Crippen molar-refractivity contribution in [3.63, 3.8) is 0 Å². The van der Waals surface area contributed by atoms with E-state index in [1.807, 2.05) is 12.4 Å². The summed E-state index contributed by atoms with van der Waals surface area (Å²) in [6.07, 6.45) is 8.42. The summed E-state index contributed by atoms with van der Waals surface area (Å²) in [5, 5.41) is 0. The summed E-state index contributed by atoms with van der Waals surface area (Å²) in [6.45, 7) is 8.60. The smallest absolute Gasteiger partial charge is 0.0270 e. The van der Waals surface area contributed by atoms with E-state index in [0.717, 1.165) is 12.8 Å². The molecule has 1 nitrogen and oxygen atoms in total. The summed E-state index contributed by atoms with van der Waals surface area (Å²) in [4.78, 5) is 4.04. The van der Waals surface area contributed by atoms with Crippen molar-refractivity contribution in [2.75, 3.05) is 0 Å². The van der Waals surface area contributed by atoms with Crippen LogP contribution in [0.2, 0.25) is 0 Å². The summed E-state index contributed by atoms with van der Waals surface area (Å²) < 4.78 is 0. The monoisotopic (exact) mass is 203 g/mol. The fourth-order valence-corrected chi connectivity index (χ4v) is 1.89. The SMILES string of the molecule is C=C(CC)C(CCC)Cc1ccncc1. The summed E-state index contributed by atoms with van der Waals surface area (Å²) in [5.41, 5.74) is 2.76. The Kier molecular flexibility index (Phi) is 5.09. The van der Waals surface area contributed by atoms with Crippen LogP contribution in [0, 0.1) is 5.92 Å². The Morgan fingerprint density at radius 3 is 2.53 bits per heavy atom. The van der Waals surface area contributed by atoms with E-state index in [4.69, 9.17) is 0 Å². The Bertz CT molecular complexity index is 289. The van der Waals surface area contributed by atoms with Crippen molar-refractivity contribution in [2.45, 2.75) is 39.5 Å². The highest BCUT2D eigenvalue weighted by atomic mass is 14.6. The van der Waals surface area contributed by atoms with Gasteiger partial charge in [0.25, 0.3) is 0 Å². The van der Waals surface area contributed by atoms with Crippen LogP contribution >= 0.6 is 0 Å². The molecule has 1 heterocycles. The van der Waals surface area contributed by atoms with Crippen LogP contribution in [0.25, 0.3) is 0 Å². The zero-order valence-electron chi connectivity index (χ0n) is 9.87. The second-order valence-electron chi connectivity index (χ2n) is 4.06. The van der Waals surface area contributed by atoms with Crippen LogP contribution < -0.4 is 0 Å². The maximum Gasteiger partial charge on any atom is 0.0270 e. The van der Waals surface area contributed by atoms with Gasteiger partial charge in [-0.25, -0.2) is 0 Å². The molecule has 1 aromatic rings. The number of rotatable bonds is 6. The number of aromatic nitrogens is 1. The first kappa shape index (κ1) is 12.0. The first-order chi connectivity index (χ1) is 7.27. The quantitative estimate of drug-likeness (QED) is 0.637. The van der Waals surface area contributed by atoms with Gasteiger partial charge in [0.15, 0.2) is 0 Å². The normalized spacial score (nSPS) is 12.4. The Hall–Kier alpha value is -1.11. The van der Waals surface area contributed by atoms with Crippen molar-refractivity contribution in [2.24, 2.45) is 5.92 Å². The molecule has 1 heteroatoms. The molecular weight excluding hydrogens is 182 g/mol. The first-order valence-electron chi connectivity index (χ1n) is 5.84. The molecule has 0 bridgehead atoms. The zero-order chi connectivity index (χ0) is 11.1. The van der Waals surface area contributed by atoms with E-state index in [1.54, 1.807) is 0 Å². The van der Waals surface area contributed by atoms with Gasteiger partial charge in [-0.15, -0.1) is 0 Å². The van der Waals surface area contributed by atoms with Crippen molar-refractivity contribution in [3.8, 4) is 0 Å². The van der Waals surface area contributed by atoms with Crippen molar-refractivity contribution in [1.82, 2.24) is 4.98 Å². The van der Waals surface area contributed by atoms with Crippen LogP contribution in [0.4, 0.5) is 0 Å². The van der Waals surface area contributed by atoms with E-state index >= 15 is 0 Å². The van der Waals surface area contributed by atoms with Crippen LogP contribution in [0.1, 0.15) is 38.7 Å². The molecular formula is C14H21N. The molecule has 0 saturated carbocycles. The number of pyridine rings is 1. The molecule has 0 radical (unpaired) electrons. The molecule has 1 aromatic heterocycles. The van der Waals surface area contributed by atoms with Gasteiger partial charge in [0, 0.05) is 12.4 Å². The predicted molar refractivity (Wildman–Crippen MR) is 65.8 cm³/mol. The molecule has 0 aliphatic heterocycles. The minimum atomic E-state index is 0.641. The van der Waals surface area contributed by atoms with Gasteiger partial charge >= 0.3 is 0 Å². The second kappa shape index (κ2) is 6.39. The summed E-state index contributed by atoms with van der Waals surface area (Å²) >= 11 is 0. The average Bonchev–Trinajstić information content (AvgIpc) is 2.29. The minimum Gasteiger partial charge on any atom is -0.265 e. The standard InChI is InChI=1S/C14H21N/c1-4-6-14(12(3)5-2)11-13-7-9-15-10-8-13/h7-10,14H,3-6,11H2,1-2H3. The minimum absolute atomic E-state index is 0.641. The first-order valence-corrected chi connectivity index (χ1v) is 5.84. The summed E-state index contributed by atoms with van der Waals surface area (Å²) in [7, 11) is 0. The van der Waals surface area contributed by atoms with Gasteiger partial charge in [0.1, 0.15) is 0 Å². The molecule has 15 heavy (non-hydrogen) atoms. The molecule has 0 spiro atoms. The average molecular weight is 203 g/mol. The molecule has 0 aromatic carbocycles. The molecule has 0 N–H and O–H groups in total. The molecule has 0 saturated heterocycles. The van der Waals surface area contributed by atoms with Crippen LogP contribution in [-0.4, -0.2) is 4.98 Å². The van der Waals surface area contributed by atoms with Crippen molar-refractivity contribution < 1.29 is 0 Å². The zero-order valence-corrected chi connectivity index (χ0v) is 9.87. The molecule has 1 unspecified atom stereocenters. The van der Waals surface area contributed by atoms with Gasteiger partial charge in [-0.3, -0.25) is 4.98 Å². The van der Waals surface area contributed by atoms with E-state index in [9.17, 15) is 0 Å². The van der Waals surface area contributed by atoms with Gasteiger partial charge in [-0.2, -0.15) is 0 Å². The highest BCUT2D eigenvalue weighted by Gasteiger charge is 2.10. The lowest BCUT2D eigenvalue weighted by Crippen LogP contribution is -2.06. The maximum absolute atomic E-state index is 4.17.